The van der Waals surface area contributed by atoms with Crippen LogP contribution in [0.4, 0.5) is 0 Å². The number of rotatable bonds is 12. The third-order valence-electron chi connectivity index (χ3n) is 9.48. The van der Waals surface area contributed by atoms with Crippen molar-refractivity contribution in [3.63, 3.8) is 0 Å². The van der Waals surface area contributed by atoms with Crippen LogP contribution in [-0.2, 0) is 10.2 Å². The van der Waals surface area contributed by atoms with Crippen LogP contribution in [-0.4, -0.2) is 65.7 Å². The first-order valence-corrected chi connectivity index (χ1v) is 15.6. The lowest BCUT2D eigenvalue weighted by atomic mass is 9.69. The zero-order valence-corrected chi connectivity index (χ0v) is 25.5. The van der Waals surface area contributed by atoms with Crippen LogP contribution in [0, 0.1) is 24.7 Å². The standard InChI is InChI=1S/C34H53N3O2/c1-7-34(8-2,30-24-31(37(11-5)25-30)33(39)35-21-22-36(9-3)10-4)29-19-17-27(26(6)23-29)18-20-32(38)28-15-13-12-14-16-28/h17,19,23,25,28,31-32,38H,7-16,21-22,24H2,1-6H3,(H,35,39). The summed E-state index contributed by atoms with van der Waals surface area (Å²) < 4.78 is 0. The number of likely N-dealkylation sites (N-methyl/N-ethyl adjacent to an activating group) is 2. The van der Waals surface area contributed by atoms with Crippen molar-refractivity contribution in [2.75, 3.05) is 32.7 Å². The largest absolute Gasteiger partial charge is 0.380 e. The summed E-state index contributed by atoms with van der Waals surface area (Å²) in [5.74, 6) is 6.89. The lowest BCUT2D eigenvalue weighted by Crippen LogP contribution is -2.45. The zero-order chi connectivity index (χ0) is 28.4. The van der Waals surface area contributed by atoms with Crippen LogP contribution in [0.3, 0.4) is 0 Å². The van der Waals surface area contributed by atoms with Crippen molar-refractivity contribution in [2.24, 2.45) is 5.92 Å². The normalized spacial score (nSPS) is 19.0. The molecule has 0 bridgehead atoms. The van der Waals surface area contributed by atoms with Gasteiger partial charge in [-0.2, -0.15) is 0 Å². The van der Waals surface area contributed by atoms with Gasteiger partial charge >= 0.3 is 0 Å². The first-order chi connectivity index (χ1) is 18.8. The molecular weight excluding hydrogens is 482 g/mol. The zero-order valence-electron chi connectivity index (χ0n) is 25.5. The molecule has 1 aliphatic heterocycles. The van der Waals surface area contributed by atoms with Crippen molar-refractivity contribution in [3.8, 4) is 11.8 Å². The Hall–Kier alpha value is -2.29. The molecule has 5 nitrogen and oxygen atoms in total. The Kier molecular flexibility index (Phi) is 11.9. The summed E-state index contributed by atoms with van der Waals surface area (Å²) >= 11 is 0. The van der Waals surface area contributed by atoms with Gasteiger partial charge in [0.15, 0.2) is 0 Å². The fraction of sp³-hybridized carbons (Fsp3) is 0.676. The maximum Gasteiger partial charge on any atom is 0.243 e. The highest BCUT2D eigenvalue weighted by Crippen LogP contribution is 2.44. The summed E-state index contributed by atoms with van der Waals surface area (Å²) in [5.41, 5.74) is 4.69. The molecule has 2 atom stereocenters. The predicted molar refractivity (Wildman–Crippen MR) is 163 cm³/mol. The molecule has 5 heteroatoms. The highest BCUT2D eigenvalue weighted by atomic mass is 16.3. The quantitative estimate of drug-likeness (QED) is 0.333. The van der Waals surface area contributed by atoms with Crippen LogP contribution in [0.25, 0.3) is 0 Å². The molecule has 0 radical (unpaired) electrons. The molecule has 1 fully saturated rings. The molecule has 0 spiro atoms. The SMILES string of the molecule is CCN(CC)CCNC(=O)C1CC(C(CC)(CC)c2ccc(C#CC(O)C3CCCCC3)c(C)c2)=CN1CC. The molecule has 1 heterocycles. The van der Waals surface area contributed by atoms with Gasteiger partial charge in [0, 0.05) is 43.2 Å². The maximum absolute atomic E-state index is 13.3. The number of amides is 1. The van der Waals surface area contributed by atoms with Gasteiger partial charge in [-0.25, -0.2) is 0 Å². The summed E-state index contributed by atoms with van der Waals surface area (Å²) in [5, 5.41) is 13.8. The second-order valence-corrected chi connectivity index (χ2v) is 11.5. The lowest BCUT2D eigenvalue weighted by molar-refractivity contribution is -0.125. The Morgan fingerprint density at radius 2 is 1.82 bits per heavy atom. The Morgan fingerprint density at radius 1 is 1.13 bits per heavy atom. The van der Waals surface area contributed by atoms with E-state index in [1.165, 1.54) is 30.4 Å². The van der Waals surface area contributed by atoms with E-state index in [2.05, 4.69) is 92.9 Å². The van der Waals surface area contributed by atoms with Gasteiger partial charge in [0.05, 0.1) is 0 Å². The Labute approximate surface area is 238 Å². The molecule has 1 saturated carbocycles. The number of aryl methyl sites for hydroxylation is 1. The van der Waals surface area contributed by atoms with Crippen LogP contribution in [0.1, 0.15) is 103 Å². The van der Waals surface area contributed by atoms with Gasteiger partial charge in [-0.15, -0.1) is 0 Å². The van der Waals surface area contributed by atoms with E-state index in [9.17, 15) is 9.90 Å². The van der Waals surface area contributed by atoms with Gasteiger partial charge in [0.1, 0.15) is 12.1 Å². The van der Waals surface area contributed by atoms with E-state index in [1.54, 1.807) is 0 Å². The number of nitrogens with zero attached hydrogens (tertiary/aromatic N) is 2. The summed E-state index contributed by atoms with van der Waals surface area (Å²) in [4.78, 5) is 17.8. The Bertz CT molecular complexity index is 1020. The Balaban J connectivity index is 1.76. The van der Waals surface area contributed by atoms with Crippen molar-refractivity contribution in [1.29, 1.82) is 0 Å². The fourth-order valence-electron chi connectivity index (χ4n) is 6.66. The molecule has 2 N–H and O–H groups in total. The number of hydrogen-bond acceptors (Lipinski definition) is 4. The third-order valence-corrected chi connectivity index (χ3v) is 9.48. The van der Waals surface area contributed by atoms with E-state index in [0.717, 1.165) is 69.4 Å². The molecule has 1 aromatic carbocycles. The number of nitrogens with one attached hydrogen (secondary N) is 1. The molecule has 0 aromatic heterocycles. The minimum Gasteiger partial charge on any atom is -0.380 e. The molecule has 1 aromatic rings. The van der Waals surface area contributed by atoms with Crippen LogP contribution in [0.2, 0.25) is 0 Å². The molecule has 1 amide bonds. The molecule has 39 heavy (non-hydrogen) atoms. The summed E-state index contributed by atoms with van der Waals surface area (Å²) in [6.45, 7) is 17.5. The van der Waals surface area contributed by atoms with Crippen molar-refractivity contribution < 1.29 is 9.90 Å². The van der Waals surface area contributed by atoms with Gasteiger partial charge in [0.2, 0.25) is 5.91 Å². The highest BCUT2D eigenvalue weighted by molar-refractivity contribution is 5.83. The summed E-state index contributed by atoms with van der Waals surface area (Å²) in [7, 11) is 0. The summed E-state index contributed by atoms with van der Waals surface area (Å²) in [6, 6.07) is 6.51. The number of aliphatic hydroxyl groups excluding tert-OH is 1. The molecule has 0 saturated heterocycles. The minimum atomic E-state index is -0.534. The van der Waals surface area contributed by atoms with Gasteiger partial charge in [-0.05, 0) is 81.3 Å². The predicted octanol–water partition coefficient (Wildman–Crippen LogP) is 5.78. The summed E-state index contributed by atoms with van der Waals surface area (Å²) in [6.07, 6.45) is 10.3. The average Bonchev–Trinajstić information content (AvgIpc) is 3.41. The fourth-order valence-corrected chi connectivity index (χ4v) is 6.66. The smallest absolute Gasteiger partial charge is 0.243 e. The van der Waals surface area contributed by atoms with E-state index in [0.29, 0.717) is 12.5 Å². The van der Waals surface area contributed by atoms with E-state index < -0.39 is 6.10 Å². The van der Waals surface area contributed by atoms with Gasteiger partial charge in [0.25, 0.3) is 0 Å². The van der Waals surface area contributed by atoms with Crippen LogP contribution in [0.5, 0.6) is 0 Å². The molecular formula is C34H53N3O2. The highest BCUT2D eigenvalue weighted by Gasteiger charge is 2.40. The number of aliphatic hydroxyl groups is 1. The first kappa shape index (κ1) is 31.2. The van der Waals surface area contributed by atoms with Crippen molar-refractivity contribution in [3.05, 3.63) is 46.7 Å². The van der Waals surface area contributed by atoms with Crippen LogP contribution in [0.15, 0.2) is 30.0 Å². The topological polar surface area (TPSA) is 55.8 Å². The number of benzene rings is 1. The van der Waals surface area contributed by atoms with Crippen molar-refractivity contribution in [1.82, 2.24) is 15.1 Å². The molecule has 2 unspecified atom stereocenters. The second kappa shape index (κ2) is 14.9. The second-order valence-electron chi connectivity index (χ2n) is 11.5. The lowest BCUT2D eigenvalue weighted by Gasteiger charge is -2.34. The number of hydrogen-bond donors (Lipinski definition) is 2. The monoisotopic (exact) mass is 535 g/mol. The third kappa shape index (κ3) is 7.47. The van der Waals surface area contributed by atoms with Gasteiger partial charge < -0.3 is 20.2 Å². The minimum absolute atomic E-state index is 0.109. The molecule has 2 aliphatic rings. The van der Waals surface area contributed by atoms with Crippen molar-refractivity contribution in [2.45, 2.75) is 110 Å². The maximum atomic E-state index is 13.3. The van der Waals surface area contributed by atoms with E-state index in [-0.39, 0.29) is 17.4 Å². The van der Waals surface area contributed by atoms with E-state index >= 15 is 0 Å². The van der Waals surface area contributed by atoms with E-state index in [1.807, 2.05) is 0 Å². The number of carbonyl (C=O) groups excluding carboxylic acids is 1. The molecule has 1 aliphatic carbocycles. The molecule has 3 rings (SSSR count). The van der Waals surface area contributed by atoms with Gasteiger partial charge in [-0.1, -0.05) is 70.9 Å². The van der Waals surface area contributed by atoms with Crippen LogP contribution >= 0.6 is 0 Å². The van der Waals surface area contributed by atoms with E-state index in [4.69, 9.17) is 0 Å². The average molecular weight is 536 g/mol. The van der Waals surface area contributed by atoms with Crippen molar-refractivity contribution >= 4 is 5.91 Å². The molecule has 216 valence electrons. The first-order valence-electron chi connectivity index (χ1n) is 15.6. The van der Waals surface area contributed by atoms with Gasteiger partial charge in [-0.3, -0.25) is 4.79 Å². The van der Waals surface area contributed by atoms with Crippen LogP contribution < -0.4 is 5.32 Å². The Morgan fingerprint density at radius 3 is 2.41 bits per heavy atom. The number of carbonyl (C=O) groups is 1.